The van der Waals surface area contributed by atoms with E-state index in [2.05, 4.69) is 15.3 Å². The van der Waals surface area contributed by atoms with Crippen LogP contribution in [0.5, 0.6) is 0 Å². The van der Waals surface area contributed by atoms with Gasteiger partial charge in [0.2, 0.25) is 0 Å². The minimum absolute atomic E-state index is 0.0200. The van der Waals surface area contributed by atoms with Crippen LogP contribution in [0.2, 0.25) is 5.02 Å². The predicted octanol–water partition coefficient (Wildman–Crippen LogP) is 7.77. The van der Waals surface area contributed by atoms with Gasteiger partial charge in [0.25, 0.3) is 0 Å². The molecule has 1 N–H and O–H groups in total. The van der Waals surface area contributed by atoms with E-state index in [9.17, 15) is 14.4 Å². The molecule has 0 saturated heterocycles. The zero-order chi connectivity index (χ0) is 25.5. The van der Waals surface area contributed by atoms with Crippen LogP contribution in [0.15, 0.2) is 29.6 Å². The molecule has 0 aliphatic rings. The Kier molecular flexibility index (Phi) is 6.86. The Morgan fingerprint density at radius 3 is 2.74 bits per heavy atom. The molecule has 0 spiro atoms. The molecule has 4 rings (SSSR count). The lowest BCUT2D eigenvalue weighted by Gasteiger charge is -2.19. The van der Waals surface area contributed by atoms with Crippen molar-refractivity contribution >= 4 is 66.8 Å². The number of hydrogen-bond donors (Lipinski definition) is 1. The molecule has 0 aliphatic carbocycles. The van der Waals surface area contributed by atoms with Crippen LogP contribution in [0, 0.1) is 23.0 Å². The first-order valence-corrected chi connectivity index (χ1v) is 12.6. The van der Waals surface area contributed by atoms with Crippen molar-refractivity contribution in [3.63, 3.8) is 0 Å². The molecule has 11 heteroatoms. The summed E-state index contributed by atoms with van der Waals surface area (Å²) in [6.45, 7) is 7.01. The smallest absolute Gasteiger partial charge is 0.412 e. The van der Waals surface area contributed by atoms with Gasteiger partial charge in [-0.3, -0.25) is 5.32 Å². The van der Waals surface area contributed by atoms with Crippen molar-refractivity contribution in [3.05, 3.63) is 46.6 Å². The number of carbonyl (C=O) groups excluding carboxylic acids is 1. The average Bonchev–Trinajstić information content (AvgIpc) is 3.13. The first-order chi connectivity index (χ1) is 16.5. The fraction of sp³-hybridized carbons (Fsp3) is 0.250. The average molecular weight is 533 g/mol. The quantitative estimate of drug-likeness (QED) is 0.213. The number of nitrogens with zero attached hydrogens (tertiary/aromatic N) is 3. The summed E-state index contributed by atoms with van der Waals surface area (Å²) in [6.07, 6.45) is 0.697. The Morgan fingerprint density at radius 1 is 1.34 bits per heavy atom. The van der Waals surface area contributed by atoms with Crippen LogP contribution in [0.1, 0.15) is 33.3 Å². The second-order valence-electron chi connectivity index (χ2n) is 8.41. The topological polar surface area (TPSA) is 87.9 Å². The second-order valence-corrected chi connectivity index (χ2v) is 11.1. The van der Waals surface area contributed by atoms with E-state index >= 15 is 4.39 Å². The maximum Gasteiger partial charge on any atom is 0.412 e. The molecule has 0 aliphatic heterocycles. The Morgan fingerprint density at radius 2 is 2.09 bits per heavy atom. The number of anilines is 1. The highest BCUT2D eigenvalue weighted by atomic mass is 35.5. The highest BCUT2D eigenvalue weighted by Gasteiger charge is 2.26. The lowest BCUT2D eigenvalue weighted by molar-refractivity contribution is 0.0636. The molecule has 2 heterocycles. The first-order valence-electron chi connectivity index (χ1n) is 10.5. The number of carbonyl (C=O) groups is 1. The van der Waals surface area contributed by atoms with Gasteiger partial charge >= 0.3 is 6.09 Å². The third kappa shape index (κ3) is 4.89. The largest absolute Gasteiger partial charge is 0.444 e. The van der Waals surface area contributed by atoms with Gasteiger partial charge in [0, 0.05) is 22.5 Å². The van der Waals surface area contributed by atoms with Gasteiger partial charge in [-0.1, -0.05) is 36.4 Å². The van der Waals surface area contributed by atoms with E-state index in [1.54, 1.807) is 20.8 Å². The Labute approximate surface area is 213 Å². The molecular formula is C24H19ClF2N4O2S2. The van der Waals surface area contributed by atoms with Gasteiger partial charge in [0.05, 0.1) is 15.3 Å². The summed E-state index contributed by atoms with van der Waals surface area (Å²) >= 11 is 8.70. The molecule has 2 aromatic heterocycles. The van der Waals surface area contributed by atoms with Crippen molar-refractivity contribution < 1.29 is 18.3 Å². The molecule has 0 bridgehead atoms. The van der Waals surface area contributed by atoms with Crippen molar-refractivity contribution in [2.24, 2.45) is 0 Å². The summed E-state index contributed by atoms with van der Waals surface area (Å²) in [5.74, 6) is -0.624. The lowest BCUT2D eigenvalue weighted by Crippen LogP contribution is -2.27. The van der Waals surface area contributed by atoms with E-state index in [-0.39, 0.29) is 42.3 Å². The van der Waals surface area contributed by atoms with Crippen molar-refractivity contribution in [2.75, 3.05) is 11.1 Å². The summed E-state index contributed by atoms with van der Waals surface area (Å²) in [5.41, 5.74) is -0.547. The van der Waals surface area contributed by atoms with E-state index in [4.69, 9.17) is 16.3 Å². The monoisotopic (exact) mass is 532 g/mol. The second kappa shape index (κ2) is 9.57. The van der Waals surface area contributed by atoms with Gasteiger partial charge < -0.3 is 4.74 Å². The number of ether oxygens (including phenoxy) is 1. The van der Waals surface area contributed by atoms with Crippen LogP contribution >= 0.6 is 34.7 Å². The van der Waals surface area contributed by atoms with Crippen LogP contribution in [-0.2, 0) is 4.74 Å². The highest BCUT2D eigenvalue weighted by Crippen LogP contribution is 2.45. The van der Waals surface area contributed by atoms with Crippen LogP contribution in [-0.4, -0.2) is 27.4 Å². The number of nitrogens with one attached hydrogen (secondary N) is 1. The Balaban J connectivity index is 1.95. The van der Waals surface area contributed by atoms with E-state index in [1.807, 2.05) is 13.0 Å². The minimum atomic E-state index is -0.796. The van der Waals surface area contributed by atoms with Crippen LogP contribution in [0.4, 0.5) is 18.6 Å². The van der Waals surface area contributed by atoms with Gasteiger partial charge in [-0.25, -0.2) is 23.5 Å². The Hall–Kier alpha value is -3.00. The number of fused-ring (bicyclic) bond motifs is 2. The van der Waals surface area contributed by atoms with E-state index in [0.29, 0.717) is 16.3 Å². The number of benzene rings is 2. The fourth-order valence-corrected chi connectivity index (χ4v) is 5.42. The zero-order valence-corrected chi connectivity index (χ0v) is 21.5. The third-order valence-corrected chi connectivity index (χ3v) is 6.96. The molecule has 35 heavy (non-hydrogen) atoms. The normalized spacial score (nSPS) is 11.6. The number of rotatable bonds is 4. The molecule has 4 aromatic rings. The zero-order valence-electron chi connectivity index (χ0n) is 19.1. The number of aromatic nitrogens is 2. The molecule has 0 unspecified atom stereocenters. The number of nitriles is 1. The number of hydrogen-bond acceptors (Lipinski definition) is 7. The highest BCUT2D eigenvalue weighted by molar-refractivity contribution is 7.99. The molecule has 0 atom stereocenters. The van der Waals surface area contributed by atoms with Crippen molar-refractivity contribution in [3.8, 4) is 17.2 Å². The number of thiophene rings is 1. The maximum absolute atomic E-state index is 15.9. The van der Waals surface area contributed by atoms with Gasteiger partial charge in [-0.2, -0.15) is 5.26 Å². The third-order valence-electron chi connectivity index (χ3n) is 4.80. The van der Waals surface area contributed by atoms with Gasteiger partial charge in [0.15, 0.2) is 11.0 Å². The molecule has 6 nitrogen and oxygen atoms in total. The lowest BCUT2D eigenvalue weighted by atomic mass is 9.97. The first kappa shape index (κ1) is 25.1. The molecule has 180 valence electrons. The SMILES string of the molecule is CCSc1ncc2cc(Cl)c(-c3ccc(F)c4sc(NC(=O)OC(C)(C)C)c(C#N)c34)c(F)c2n1. The summed E-state index contributed by atoms with van der Waals surface area (Å²) < 4.78 is 36.0. The van der Waals surface area contributed by atoms with Crippen LogP contribution in [0.3, 0.4) is 0 Å². The van der Waals surface area contributed by atoms with E-state index in [1.165, 1.54) is 36.2 Å². The van der Waals surface area contributed by atoms with Gasteiger partial charge in [0.1, 0.15) is 28.0 Å². The molecular weight excluding hydrogens is 514 g/mol. The van der Waals surface area contributed by atoms with Crippen LogP contribution in [0.25, 0.3) is 32.1 Å². The van der Waals surface area contributed by atoms with Crippen molar-refractivity contribution in [2.45, 2.75) is 38.5 Å². The minimum Gasteiger partial charge on any atom is -0.444 e. The van der Waals surface area contributed by atoms with E-state index < -0.39 is 23.3 Å². The van der Waals surface area contributed by atoms with Crippen LogP contribution < -0.4 is 5.32 Å². The Bertz CT molecular complexity index is 1530. The molecule has 0 fully saturated rings. The number of thioether (sulfide) groups is 1. The summed E-state index contributed by atoms with van der Waals surface area (Å²) in [7, 11) is 0. The number of amides is 1. The summed E-state index contributed by atoms with van der Waals surface area (Å²) in [5, 5.41) is 13.5. The predicted molar refractivity (Wildman–Crippen MR) is 136 cm³/mol. The van der Waals surface area contributed by atoms with E-state index in [0.717, 1.165) is 11.3 Å². The van der Waals surface area contributed by atoms with Gasteiger partial charge in [-0.15, -0.1) is 11.3 Å². The summed E-state index contributed by atoms with van der Waals surface area (Å²) in [4.78, 5) is 20.9. The standard InChI is InChI=1S/C24H19ClF2N4O2S2/c1-5-34-22-29-10-11-8-14(25)17(18(27)19(11)30-22)12-6-7-15(26)20-16(12)13(9-28)21(35-20)31-23(32)33-24(2,3)4/h6-8,10H,5H2,1-4H3,(H,31,32). The molecule has 2 aromatic carbocycles. The van der Waals surface area contributed by atoms with Crippen molar-refractivity contribution in [1.82, 2.24) is 9.97 Å². The number of halogens is 3. The van der Waals surface area contributed by atoms with Gasteiger partial charge in [-0.05, 0) is 44.2 Å². The molecule has 0 radical (unpaired) electrons. The van der Waals surface area contributed by atoms with Crippen molar-refractivity contribution in [1.29, 1.82) is 5.26 Å². The molecule has 1 amide bonds. The fourth-order valence-electron chi connectivity index (χ4n) is 3.51. The maximum atomic E-state index is 15.9. The molecule has 0 saturated carbocycles. The summed E-state index contributed by atoms with van der Waals surface area (Å²) in [6, 6.07) is 6.07.